The molecular weight excluding hydrogens is 175 g/mol. The van der Waals surface area contributed by atoms with Crippen LogP contribution in [0, 0.1) is 0 Å². The number of rotatable bonds is 4. The van der Waals surface area contributed by atoms with Gasteiger partial charge in [0.25, 0.3) is 0 Å². The first-order chi connectivity index (χ1) is 4.06. The van der Waals surface area contributed by atoms with Crippen LogP contribution in [0.25, 0.3) is 0 Å². The van der Waals surface area contributed by atoms with Crippen molar-refractivity contribution in [2.24, 2.45) is 0 Å². The van der Waals surface area contributed by atoms with E-state index in [1.165, 1.54) is 0 Å². The predicted molar refractivity (Wildman–Crippen MR) is 46.9 cm³/mol. The summed E-state index contributed by atoms with van der Waals surface area (Å²) >= 11 is 10.5. The fraction of sp³-hybridized carbons (Fsp3) is 1.00. The van der Waals surface area contributed by atoms with Gasteiger partial charge >= 0.3 is 0 Å². The van der Waals surface area contributed by atoms with E-state index in [1.54, 1.807) is 6.66 Å². The second kappa shape index (κ2) is 4.68. The lowest BCUT2D eigenvalue weighted by Crippen LogP contribution is -1.86. The van der Waals surface area contributed by atoms with Gasteiger partial charge in [0.2, 0.25) is 0 Å². The molecule has 0 aliphatic heterocycles. The van der Waals surface area contributed by atoms with Crippen LogP contribution in [0.4, 0.5) is 0 Å². The molecule has 0 rings (SSSR count). The van der Waals surface area contributed by atoms with Crippen molar-refractivity contribution >= 4 is 28.7 Å². The van der Waals surface area contributed by atoms with Crippen molar-refractivity contribution in [2.45, 2.75) is 19.8 Å². The first-order valence-corrected chi connectivity index (χ1v) is 7.05. The van der Waals surface area contributed by atoms with E-state index >= 15 is 0 Å². The SMILES string of the molecule is CCCCOP(C)(=S)Cl. The molecule has 0 saturated heterocycles. The zero-order chi connectivity index (χ0) is 7.33. The summed E-state index contributed by atoms with van der Waals surface area (Å²) in [6.45, 7) is 4.60. The van der Waals surface area contributed by atoms with Crippen LogP contribution in [-0.4, -0.2) is 13.3 Å². The van der Waals surface area contributed by atoms with E-state index in [0.717, 1.165) is 12.8 Å². The Balaban J connectivity index is 3.18. The van der Waals surface area contributed by atoms with Crippen LogP contribution in [-0.2, 0) is 16.3 Å². The smallest absolute Gasteiger partial charge is 0.148 e. The average molecular weight is 187 g/mol. The van der Waals surface area contributed by atoms with Crippen molar-refractivity contribution in [1.29, 1.82) is 0 Å². The summed E-state index contributed by atoms with van der Waals surface area (Å²) in [5.41, 5.74) is -1.89. The van der Waals surface area contributed by atoms with Crippen LogP contribution in [0.3, 0.4) is 0 Å². The van der Waals surface area contributed by atoms with Crippen LogP contribution in [0.1, 0.15) is 19.8 Å². The Kier molecular flexibility index (Phi) is 5.14. The van der Waals surface area contributed by atoms with Gasteiger partial charge in [0.1, 0.15) is 5.62 Å². The highest BCUT2D eigenvalue weighted by Gasteiger charge is 2.02. The van der Waals surface area contributed by atoms with Crippen molar-refractivity contribution in [3.63, 3.8) is 0 Å². The highest BCUT2D eigenvalue weighted by molar-refractivity contribution is 8.24. The zero-order valence-corrected chi connectivity index (χ0v) is 8.23. The van der Waals surface area contributed by atoms with Crippen molar-refractivity contribution in [3.8, 4) is 0 Å². The van der Waals surface area contributed by atoms with Crippen molar-refractivity contribution in [3.05, 3.63) is 0 Å². The molecule has 0 aliphatic carbocycles. The molecule has 1 unspecified atom stereocenters. The Labute approximate surface area is 66.6 Å². The molecule has 0 amide bonds. The van der Waals surface area contributed by atoms with Crippen LogP contribution in [0.2, 0.25) is 0 Å². The Bertz CT molecular complexity index is 112. The standard InChI is InChI=1S/C5H12ClOPS/c1-3-4-5-7-8(2,6)9/h3-5H2,1-2H3. The van der Waals surface area contributed by atoms with Gasteiger partial charge in [0.15, 0.2) is 0 Å². The molecule has 1 atom stereocenters. The molecule has 0 spiro atoms. The van der Waals surface area contributed by atoms with Gasteiger partial charge in [0, 0.05) is 6.66 Å². The Morgan fingerprint density at radius 1 is 1.67 bits per heavy atom. The minimum Gasteiger partial charge on any atom is -0.338 e. The third-order valence-electron chi connectivity index (χ3n) is 0.820. The maximum Gasteiger partial charge on any atom is 0.148 e. The summed E-state index contributed by atoms with van der Waals surface area (Å²) in [7, 11) is 0. The maximum absolute atomic E-state index is 5.67. The molecule has 0 saturated carbocycles. The van der Waals surface area contributed by atoms with Gasteiger partial charge in [-0.15, -0.1) is 0 Å². The van der Waals surface area contributed by atoms with Gasteiger partial charge in [-0.25, -0.2) is 0 Å². The first-order valence-electron chi connectivity index (χ1n) is 2.98. The highest BCUT2D eigenvalue weighted by atomic mass is 35.7. The van der Waals surface area contributed by atoms with Crippen LogP contribution in [0.15, 0.2) is 0 Å². The van der Waals surface area contributed by atoms with Crippen molar-refractivity contribution < 1.29 is 4.52 Å². The Morgan fingerprint density at radius 2 is 2.22 bits per heavy atom. The highest BCUT2D eigenvalue weighted by Crippen LogP contribution is 2.48. The third-order valence-corrected chi connectivity index (χ3v) is 2.07. The van der Waals surface area contributed by atoms with Crippen LogP contribution in [0.5, 0.6) is 0 Å². The summed E-state index contributed by atoms with van der Waals surface area (Å²) in [5.74, 6) is 0. The van der Waals surface area contributed by atoms with Crippen molar-refractivity contribution in [2.75, 3.05) is 13.3 Å². The first kappa shape index (κ1) is 9.90. The molecule has 0 fully saturated rings. The molecule has 0 bridgehead atoms. The number of halogens is 1. The van der Waals surface area contributed by atoms with Gasteiger partial charge < -0.3 is 4.52 Å². The van der Waals surface area contributed by atoms with E-state index in [2.05, 4.69) is 6.92 Å². The molecule has 0 heterocycles. The predicted octanol–water partition coefficient (Wildman–Crippen LogP) is 2.98. The maximum atomic E-state index is 5.67. The molecule has 56 valence electrons. The van der Waals surface area contributed by atoms with E-state index in [4.69, 9.17) is 27.6 Å². The van der Waals surface area contributed by atoms with Gasteiger partial charge in [-0.3, -0.25) is 0 Å². The summed E-state index contributed by atoms with van der Waals surface area (Å²) in [4.78, 5) is 0. The second-order valence-corrected chi connectivity index (χ2v) is 8.31. The monoisotopic (exact) mass is 186 g/mol. The Morgan fingerprint density at radius 3 is 2.56 bits per heavy atom. The minimum absolute atomic E-state index is 0.716. The second-order valence-electron chi connectivity index (χ2n) is 1.93. The molecule has 0 aliphatic rings. The largest absolute Gasteiger partial charge is 0.338 e. The van der Waals surface area contributed by atoms with E-state index < -0.39 is 5.62 Å². The summed E-state index contributed by atoms with van der Waals surface area (Å²) in [6.07, 6.45) is 2.19. The summed E-state index contributed by atoms with van der Waals surface area (Å²) in [5, 5.41) is 0. The molecule has 0 radical (unpaired) electrons. The molecule has 0 aromatic carbocycles. The average Bonchev–Trinajstić information content (AvgIpc) is 1.63. The lowest BCUT2D eigenvalue weighted by molar-refractivity contribution is 0.349. The van der Waals surface area contributed by atoms with Crippen LogP contribution >= 0.6 is 16.9 Å². The Hall–Kier alpha value is 0.900. The van der Waals surface area contributed by atoms with E-state index in [9.17, 15) is 0 Å². The third kappa shape index (κ3) is 8.90. The van der Waals surface area contributed by atoms with Crippen LogP contribution < -0.4 is 0 Å². The van der Waals surface area contributed by atoms with Crippen molar-refractivity contribution in [1.82, 2.24) is 0 Å². The summed E-state index contributed by atoms with van der Waals surface area (Å²) in [6, 6.07) is 0. The van der Waals surface area contributed by atoms with E-state index in [1.807, 2.05) is 0 Å². The number of hydrogen-bond acceptors (Lipinski definition) is 2. The topological polar surface area (TPSA) is 9.23 Å². The normalized spacial score (nSPS) is 17.2. The molecule has 0 N–H and O–H groups in total. The summed E-state index contributed by atoms with van der Waals surface area (Å²) < 4.78 is 5.16. The number of hydrogen-bond donors (Lipinski definition) is 0. The molecule has 9 heavy (non-hydrogen) atoms. The molecule has 0 aromatic rings. The number of unbranched alkanes of at least 4 members (excludes halogenated alkanes) is 1. The quantitative estimate of drug-likeness (QED) is 0.493. The molecule has 4 heteroatoms. The van der Waals surface area contributed by atoms with Gasteiger partial charge in [-0.05, 0) is 6.42 Å². The molecular formula is C5H12ClOPS. The lowest BCUT2D eigenvalue weighted by Gasteiger charge is -2.07. The molecule has 1 nitrogen and oxygen atoms in total. The van der Waals surface area contributed by atoms with E-state index in [-0.39, 0.29) is 0 Å². The fourth-order valence-corrected chi connectivity index (χ4v) is 1.26. The molecule has 0 aromatic heterocycles. The van der Waals surface area contributed by atoms with Gasteiger partial charge in [0.05, 0.1) is 6.61 Å². The fourth-order valence-electron chi connectivity index (χ4n) is 0.372. The van der Waals surface area contributed by atoms with Gasteiger partial charge in [-0.1, -0.05) is 36.4 Å². The lowest BCUT2D eigenvalue weighted by atomic mass is 10.4. The van der Waals surface area contributed by atoms with E-state index in [0.29, 0.717) is 6.61 Å². The van der Waals surface area contributed by atoms with Gasteiger partial charge in [-0.2, -0.15) is 0 Å². The minimum atomic E-state index is -1.89. The zero-order valence-electron chi connectivity index (χ0n) is 5.76.